The molecule has 321 valence electrons. The Hall–Kier alpha value is -6.17. The first-order chi connectivity index (χ1) is 32.5. The van der Waals surface area contributed by atoms with Gasteiger partial charge in [0.25, 0.3) is 0 Å². The van der Waals surface area contributed by atoms with E-state index in [2.05, 4.69) is 184 Å². The third kappa shape index (κ3) is 8.83. The number of para-hydroxylation sites is 2. The van der Waals surface area contributed by atoms with Crippen LogP contribution in [0.15, 0.2) is 168 Å². The van der Waals surface area contributed by atoms with E-state index < -0.39 is 14.9 Å². The summed E-state index contributed by atoms with van der Waals surface area (Å²) in [7, 11) is -1.43. The van der Waals surface area contributed by atoms with Gasteiger partial charge >= 0.3 is 0 Å². The van der Waals surface area contributed by atoms with Crippen molar-refractivity contribution < 1.29 is 31.4 Å². The number of fused-ring (bicyclic) bond motifs is 4. The van der Waals surface area contributed by atoms with Crippen LogP contribution in [-0.2, 0) is 20.1 Å². The monoisotopic (exact) mass is 1030 g/mol. The number of benzene rings is 7. The largest absolute Gasteiger partial charge is 0.501 e. The Morgan fingerprint density at radius 2 is 1.36 bits per heavy atom. The first-order valence-electron chi connectivity index (χ1n) is 24.1. The van der Waals surface area contributed by atoms with Crippen LogP contribution in [0.25, 0.3) is 83.6 Å². The van der Waals surface area contributed by atoms with Crippen molar-refractivity contribution in [2.24, 2.45) is 0 Å². The van der Waals surface area contributed by atoms with E-state index in [1.807, 2.05) is 30.5 Å². The van der Waals surface area contributed by atoms with E-state index in [0.29, 0.717) is 11.3 Å². The predicted octanol–water partition coefficient (Wildman–Crippen LogP) is 15.4. The van der Waals surface area contributed by atoms with Crippen molar-refractivity contribution in [3.63, 3.8) is 0 Å². The Morgan fingerprint density at radius 1 is 0.688 bits per heavy atom. The maximum absolute atomic E-state index is 7.88. The van der Waals surface area contributed by atoms with Gasteiger partial charge in [-0.25, -0.2) is 0 Å². The molecule has 0 atom stereocenters. The zero-order valence-electron chi connectivity index (χ0n) is 42.2. The molecule has 0 bridgehead atoms. The zero-order valence-corrected chi connectivity index (χ0v) is 40.6. The molecule has 10 aromatic rings. The van der Waals surface area contributed by atoms with Gasteiger partial charge in [-0.3, -0.25) is 4.98 Å². The Bertz CT molecular complexity index is 3400. The molecule has 0 unspecified atom stereocenters. The molecule has 64 heavy (non-hydrogen) atoms. The van der Waals surface area contributed by atoms with Crippen molar-refractivity contribution in [3.8, 4) is 50.6 Å². The normalized spacial score (nSPS) is 12.9. The summed E-state index contributed by atoms with van der Waals surface area (Å²) in [4.78, 5) is 9.68. The van der Waals surface area contributed by atoms with Gasteiger partial charge in [0.2, 0.25) is 0 Å². The smallest absolute Gasteiger partial charge is 0.121 e. The van der Waals surface area contributed by atoms with E-state index in [4.69, 9.17) is 16.3 Å². The molecule has 0 amide bonds. The van der Waals surface area contributed by atoms with E-state index in [0.717, 1.165) is 49.9 Å². The number of imidazole rings is 1. The minimum absolute atomic E-state index is 0. The third-order valence-corrected chi connectivity index (χ3v) is 13.7. The number of rotatable bonds is 8. The van der Waals surface area contributed by atoms with Gasteiger partial charge in [-0.1, -0.05) is 162 Å². The van der Waals surface area contributed by atoms with Crippen LogP contribution in [-0.4, -0.2) is 22.6 Å². The average molecular weight is 1030 g/mol. The number of hydrogen-bond donors (Lipinski definition) is 0. The molecule has 1 radical (unpaired) electrons. The van der Waals surface area contributed by atoms with Crippen LogP contribution in [0.3, 0.4) is 0 Å². The molecule has 4 nitrogen and oxygen atoms in total. The van der Waals surface area contributed by atoms with Gasteiger partial charge in [0.1, 0.15) is 5.58 Å². The first-order valence-corrected chi connectivity index (χ1v) is 25.1. The van der Waals surface area contributed by atoms with Gasteiger partial charge in [0.05, 0.1) is 30.5 Å². The Kier molecular flexibility index (Phi) is 11.1. The fourth-order valence-corrected chi connectivity index (χ4v) is 9.27. The molecule has 0 aliphatic carbocycles. The maximum atomic E-state index is 7.88. The van der Waals surface area contributed by atoms with Gasteiger partial charge in [-0.2, -0.15) is 0 Å². The van der Waals surface area contributed by atoms with Crippen molar-refractivity contribution in [2.75, 3.05) is 0 Å². The van der Waals surface area contributed by atoms with E-state index >= 15 is 0 Å². The summed E-state index contributed by atoms with van der Waals surface area (Å²) in [5, 5.41) is 3.37. The minimum atomic E-state index is -2.47. The molecule has 6 heteroatoms. The van der Waals surface area contributed by atoms with Crippen molar-refractivity contribution in [2.45, 2.75) is 66.0 Å². The molecular weight excluding hydrogens is 975 g/mol. The molecule has 0 spiro atoms. The number of nitrogens with zero attached hydrogens (tertiary/aromatic N) is 3. The number of hydrogen-bond acceptors (Lipinski definition) is 3. The van der Waals surface area contributed by atoms with E-state index in [1.165, 1.54) is 44.8 Å². The Balaban J connectivity index is 0.000000236. The Labute approximate surface area is 399 Å². The fourth-order valence-electron chi connectivity index (χ4n) is 8.23. The van der Waals surface area contributed by atoms with E-state index in [-0.39, 0.29) is 49.6 Å². The van der Waals surface area contributed by atoms with Crippen LogP contribution in [0.5, 0.6) is 0 Å². The molecule has 10 rings (SSSR count). The molecule has 0 saturated carbocycles. The minimum Gasteiger partial charge on any atom is -0.501 e. The van der Waals surface area contributed by atoms with Gasteiger partial charge in [-0.05, 0) is 86.4 Å². The molecule has 0 N–H and O–H groups in total. The quantitative estimate of drug-likeness (QED) is 0.113. The van der Waals surface area contributed by atoms with Crippen molar-refractivity contribution in [3.05, 3.63) is 193 Å². The predicted molar refractivity (Wildman–Crippen MR) is 268 cm³/mol. The molecule has 0 aliphatic rings. The van der Waals surface area contributed by atoms with Crippen LogP contribution in [0.2, 0.25) is 19.6 Å². The maximum Gasteiger partial charge on any atom is 0.121 e. The summed E-state index contributed by atoms with van der Waals surface area (Å²) in [5.74, 6) is 1.41. The summed E-state index contributed by atoms with van der Waals surface area (Å²) >= 11 is 0. The van der Waals surface area contributed by atoms with Crippen molar-refractivity contribution in [1.29, 1.82) is 0 Å². The fraction of sp³-hybridized carbons (Fsp3) is 0.172. The zero-order chi connectivity index (χ0) is 48.1. The average Bonchev–Trinajstić information content (AvgIpc) is 3.89. The SMILES string of the molecule is CC(C)c1cc(-c2ccccc2)cc(C(C)C)c1-n1c(-c2[c-]ccc3c2oc2cc(-c4ccccc4)ccc23)nc2ccccc21.[2H]c1[c-]c(-c2ccc([Si](C)(C)C)cn2)cc([2H])c1C([2H])([2H])[2H].[Ir]. The number of pyridine rings is 1. The molecule has 0 fully saturated rings. The van der Waals surface area contributed by atoms with Gasteiger partial charge in [0, 0.05) is 44.2 Å². The van der Waals surface area contributed by atoms with Crippen LogP contribution < -0.4 is 5.19 Å². The van der Waals surface area contributed by atoms with Crippen LogP contribution >= 0.6 is 0 Å². The van der Waals surface area contributed by atoms with Crippen LogP contribution in [0, 0.1) is 19.0 Å². The second-order valence-electron chi connectivity index (χ2n) is 17.7. The second kappa shape index (κ2) is 18.5. The van der Waals surface area contributed by atoms with Crippen LogP contribution in [0.1, 0.15) is 63.1 Å². The van der Waals surface area contributed by atoms with Crippen LogP contribution in [0.4, 0.5) is 0 Å². The van der Waals surface area contributed by atoms with E-state index in [9.17, 15) is 0 Å². The van der Waals surface area contributed by atoms with Gasteiger partial charge < -0.3 is 14.0 Å². The summed E-state index contributed by atoms with van der Waals surface area (Å²) in [6, 6.07) is 56.0. The standard InChI is InChI=1S/C43H35N2O.C15H18NSi.Ir/c1-27(2)36-24-32(30-16-9-6-10-17-30)25-37(28(3)4)41(36)45-39-21-12-11-20-38(39)44-43(45)35-19-13-18-34-33-23-22-31(26-40(33)46-42(34)35)29-14-7-5-8-15-29;1-12-5-7-13(8-6-12)15-10-9-14(11-16-15)17(2,3)4;/h5-18,20-28H,1-4H3;5-7,9-11H,1-4H3;/q2*-1;/i;1D3,5D,6D;. The number of aromatic nitrogens is 3. The van der Waals surface area contributed by atoms with Gasteiger partial charge in [-0.15, -0.1) is 53.5 Å². The second-order valence-corrected chi connectivity index (χ2v) is 22.8. The first kappa shape index (κ1) is 38.3. The molecule has 0 aliphatic heterocycles. The Morgan fingerprint density at radius 3 is 1.98 bits per heavy atom. The molecule has 3 aromatic heterocycles. The summed E-state index contributed by atoms with van der Waals surface area (Å²) in [6.45, 7) is 13.3. The molecule has 7 aromatic carbocycles. The third-order valence-electron chi connectivity index (χ3n) is 11.7. The topological polar surface area (TPSA) is 43.9 Å². The number of furan rings is 1. The van der Waals surface area contributed by atoms with Crippen molar-refractivity contribution in [1.82, 2.24) is 14.5 Å². The summed E-state index contributed by atoms with van der Waals surface area (Å²) in [5.41, 5.74) is 13.9. The molecule has 3 heterocycles. The molecule has 0 saturated heterocycles. The van der Waals surface area contributed by atoms with E-state index in [1.54, 1.807) is 0 Å². The van der Waals surface area contributed by atoms with Gasteiger partial charge in [0.15, 0.2) is 0 Å². The molecular formula is C58H53IrN3OSi-2. The summed E-state index contributed by atoms with van der Waals surface area (Å²) in [6.07, 6.45) is 1.82. The van der Waals surface area contributed by atoms with Crippen molar-refractivity contribution >= 4 is 46.2 Å². The summed E-state index contributed by atoms with van der Waals surface area (Å²) < 4.78 is 47.0.